The second-order valence-corrected chi connectivity index (χ2v) is 9.85. The second-order valence-electron chi connectivity index (χ2n) is 6.57. The van der Waals surface area contributed by atoms with Gasteiger partial charge in [-0.25, -0.2) is 13.1 Å². The molecular formula is C19H26N2O2S2. The van der Waals surface area contributed by atoms with Crippen LogP contribution in [0.2, 0.25) is 0 Å². The standard InChI is InChI=1S/C19H26N2O2S2/c1-3-12-21-13-4-5-17-14-16(7-8-18(17)21)10-11-20-25(22,23)19-9-6-15(2)24-19/h6-9,14,20H,3-5,10-13H2,1-2H3. The van der Waals surface area contributed by atoms with E-state index in [-0.39, 0.29) is 0 Å². The molecule has 1 N–H and O–H groups in total. The molecule has 6 heteroatoms. The highest BCUT2D eigenvalue weighted by Gasteiger charge is 2.17. The van der Waals surface area contributed by atoms with Crippen molar-refractivity contribution in [2.24, 2.45) is 0 Å². The number of benzene rings is 1. The highest BCUT2D eigenvalue weighted by Crippen LogP contribution is 2.28. The van der Waals surface area contributed by atoms with Crippen LogP contribution in [0, 0.1) is 6.92 Å². The molecule has 0 atom stereocenters. The van der Waals surface area contributed by atoms with E-state index in [1.807, 2.05) is 13.0 Å². The third-order valence-electron chi connectivity index (χ3n) is 4.54. The molecule has 0 saturated carbocycles. The fraction of sp³-hybridized carbons (Fsp3) is 0.474. The molecule has 2 aromatic rings. The van der Waals surface area contributed by atoms with Gasteiger partial charge in [0.2, 0.25) is 10.0 Å². The number of nitrogens with zero attached hydrogens (tertiary/aromatic N) is 1. The van der Waals surface area contributed by atoms with E-state index >= 15 is 0 Å². The first-order valence-electron chi connectivity index (χ1n) is 8.92. The summed E-state index contributed by atoms with van der Waals surface area (Å²) in [7, 11) is -3.38. The molecule has 1 aliphatic rings. The fourth-order valence-corrected chi connectivity index (χ4v) is 5.70. The molecule has 3 rings (SSSR count). The van der Waals surface area contributed by atoms with Gasteiger partial charge >= 0.3 is 0 Å². The van der Waals surface area contributed by atoms with Gasteiger partial charge in [0.15, 0.2) is 0 Å². The molecule has 0 aliphatic carbocycles. The van der Waals surface area contributed by atoms with Gasteiger partial charge in [0.25, 0.3) is 0 Å². The molecule has 1 aliphatic heterocycles. The lowest BCUT2D eigenvalue weighted by Crippen LogP contribution is -2.30. The number of aryl methyl sites for hydroxylation is 2. The minimum atomic E-state index is -3.38. The van der Waals surface area contributed by atoms with Gasteiger partial charge in [-0.15, -0.1) is 11.3 Å². The van der Waals surface area contributed by atoms with Crippen molar-refractivity contribution in [3.63, 3.8) is 0 Å². The normalized spacial score (nSPS) is 14.6. The molecule has 2 heterocycles. The Morgan fingerprint density at radius 2 is 2.08 bits per heavy atom. The summed E-state index contributed by atoms with van der Waals surface area (Å²) in [5, 5.41) is 0. The van der Waals surface area contributed by atoms with Crippen LogP contribution in [0.1, 0.15) is 35.8 Å². The first kappa shape index (κ1) is 18.4. The minimum absolute atomic E-state index is 0.394. The van der Waals surface area contributed by atoms with E-state index in [2.05, 4.69) is 34.7 Å². The largest absolute Gasteiger partial charge is 0.371 e. The van der Waals surface area contributed by atoms with Gasteiger partial charge < -0.3 is 4.90 Å². The SMILES string of the molecule is CCCN1CCCc2cc(CCNS(=O)(=O)c3ccc(C)s3)ccc21. The summed E-state index contributed by atoms with van der Waals surface area (Å²) in [5.74, 6) is 0. The fourth-order valence-electron chi connectivity index (χ4n) is 3.34. The highest BCUT2D eigenvalue weighted by molar-refractivity contribution is 7.91. The minimum Gasteiger partial charge on any atom is -0.371 e. The van der Waals surface area contributed by atoms with Crippen molar-refractivity contribution in [2.45, 2.75) is 43.7 Å². The Kier molecular flexibility index (Phi) is 5.81. The number of sulfonamides is 1. The lowest BCUT2D eigenvalue weighted by Gasteiger charge is -2.31. The Hall–Kier alpha value is -1.37. The van der Waals surface area contributed by atoms with Crippen molar-refractivity contribution < 1.29 is 8.42 Å². The van der Waals surface area contributed by atoms with Crippen LogP contribution in [0.3, 0.4) is 0 Å². The first-order valence-corrected chi connectivity index (χ1v) is 11.2. The number of thiophene rings is 1. The maximum absolute atomic E-state index is 12.3. The van der Waals surface area contributed by atoms with Crippen molar-refractivity contribution in [3.05, 3.63) is 46.3 Å². The van der Waals surface area contributed by atoms with Gasteiger partial charge in [-0.3, -0.25) is 0 Å². The van der Waals surface area contributed by atoms with Gasteiger partial charge in [-0.05, 0) is 61.9 Å². The van der Waals surface area contributed by atoms with Crippen molar-refractivity contribution in [1.29, 1.82) is 0 Å². The van der Waals surface area contributed by atoms with E-state index in [4.69, 9.17) is 0 Å². The van der Waals surface area contributed by atoms with Gasteiger partial charge in [0, 0.05) is 30.2 Å². The van der Waals surface area contributed by atoms with E-state index in [1.54, 1.807) is 6.07 Å². The third kappa shape index (κ3) is 4.43. The molecule has 0 amide bonds. The van der Waals surface area contributed by atoms with Crippen LogP contribution in [0.25, 0.3) is 0 Å². The van der Waals surface area contributed by atoms with Crippen molar-refractivity contribution >= 4 is 27.0 Å². The van der Waals surface area contributed by atoms with E-state index in [9.17, 15) is 8.42 Å². The van der Waals surface area contributed by atoms with E-state index in [0.29, 0.717) is 17.2 Å². The molecule has 4 nitrogen and oxygen atoms in total. The Bertz CT molecular complexity index is 828. The maximum atomic E-state index is 12.3. The number of hydrogen-bond donors (Lipinski definition) is 1. The van der Waals surface area contributed by atoms with Crippen LogP contribution in [0.15, 0.2) is 34.5 Å². The maximum Gasteiger partial charge on any atom is 0.250 e. The lowest BCUT2D eigenvalue weighted by atomic mass is 9.98. The van der Waals surface area contributed by atoms with Gasteiger partial charge in [-0.2, -0.15) is 0 Å². The predicted octanol–water partition coefficient (Wildman–Crippen LogP) is 3.74. The molecule has 0 radical (unpaired) electrons. The topological polar surface area (TPSA) is 49.4 Å². The monoisotopic (exact) mass is 378 g/mol. The van der Waals surface area contributed by atoms with Crippen LogP contribution in [0.4, 0.5) is 5.69 Å². The zero-order chi connectivity index (χ0) is 17.9. The summed E-state index contributed by atoms with van der Waals surface area (Å²) < 4.78 is 27.7. The lowest BCUT2D eigenvalue weighted by molar-refractivity contribution is 0.583. The number of rotatable bonds is 7. The summed E-state index contributed by atoms with van der Waals surface area (Å²) in [6.07, 6.45) is 4.18. The third-order valence-corrected chi connectivity index (χ3v) is 7.49. The van der Waals surface area contributed by atoms with Crippen LogP contribution in [-0.2, 0) is 22.9 Å². The molecule has 0 fully saturated rings. The van der Waals surface area contributed by atoms with Gasteiger partial charge in [0.1, 0.15) is 4.21 Å². The smallest absolute Gasteiger partial charge is 0.250 e. The Morgan fingerprint density at radius 1 is 1.24 bits per heavy atom. The molecule has 0 bridgehead atoms. The molecular weight excluding hydrogens is 352 g/mol. The van der Waals surface area contributed by atoms with Crippen LogP contribution >= 0.6 is 11.3 Å². The molecule has 0 unspecified atom stereocenters. The molecule has 0 spiro atoms. The number of hydrogen-bond acceptors (Lipinski definition) is 4. The molecule has 1 aromatic carbocycles. The molecule has 25 heavy (non-hydrogen) atoms. The van der Waals surface area contributed by atoms with Gasteiger partial charge in [-0.1, -0.05) is 19.1 Å². The zero-order valence-electron chi connectivity index (χ0n) is 14.9. The summed E-state index contributed by atoms with van der Waals surface area (Å²) in [5.41, 5.74) is 3.95. The molecule has 0 saturated heterocycles. The Labute approximate surface area is 154 Å². The average molecular weight is 379 g/mol. The summed E-state index contributed by atoms with van der Waals surface area (Å²) in [6, 6.07) is 10.1. The average Bonchev–Trinajstić information content (AvgIpc) is 3.02. The van der Waals surface area contributed by atoms with E-state index in [0.717, 1.165) is 30.8 Å². The zero-order valence-corrected chi connectivity index (χ0v) is 16.5. The van der Waals surface area contributed by atoms with E-state index in [1.165, 1.54) is 34.6 Å². The number of nitrogens with one attached hydrogen (secondary N) is 1. The molecule has 1 aromatic heterocycles. The number of anilines is 1. The predicted molar refractivity (Wildman–Crippen MR) is 105 cm³/mol. The highest BCUT2D eigenvalue weighted by atomic mass is 32.2. The molecule has 136 valence electrons. The summed E-state index contributed by atoms with van der Waals surface area (Å²) in [4.78, 5) is 3.47. The first-order chi connectivity index (χ1) is 12.0. The quantitative estimate of drug-likeness (QED) is 0.798. The summed E-state index contributed by atoms with van der Waals surface area (Å²) in [6.45, 7) is 6.80. The van der Waals surface area contributed by atoms with Crippen molar-refractivity contribution in [2.75, 3.05) is 24.5 Å². The summed E-state index contributed by atoms with van der Waals surface area (Å²) >= 11 is 1.31. The Morgan fingerprint density at radius 3 is 2.80 bits per heavy atom. The van der Waals surface area contributed by atoms with Crippen LogP contribution in [-0.4, -0.2) is 28.1 Å². The van der Waals surface area contributed by atoms with E-state index < -0.39 is 10.0 Å². The Balaban J connectivity index is 1.62. The van der Waals surface area contributed by atoms with Crippen molar-refractivity contribution in [1.82, 2.24) is 4.72 Å². The van der Waals surface area contributed by atoms with Gasteiger partial charge in [0.05, 0.1) is 0 Å². The van der Waals surface area contributed by atoms with Crippen LogP contribution < -0.4 is 9.62 Å². The van der Waals surface area contributed by atoms with Crippen molar-refractivity contribution in [3.8, 4) is 0 Å². The number of fused-ring (bicyclic) bond motifs is 1. The second kappa shape index (κ2) is 7.89. The van der Waals surface area contributed by atoms with Crippen LogP contribution in [0.5, 0.6) is 0 Å².